The first kappa shape index (κ1) is 22.3. The molecule has 1 heterocycles. The predicted molar refractivity (Wildman–Crippen MR) is 122 cm³/mol. The molecule has 0 saturated carbocycles. The molecule has 3 rings (SSSR count). The number of anilines is 1. The van der Waals surface area contributed by atoms with Crippen molar-refractivity contribution in [3.05, 3.63) is 80.5 Å². The van der Waals surface area contributed by atoms with Gasteiger partial charge >= 0.3 is 0 Å². The zero-order valence-electron chi connectivity index (χ0n) is 15.5. The third-order valence-electron chi connectivity index (χ3n) is 3.90. The molecule has 158 valence electrons. The van der Waals surface area contributed by atoms with E-state index in [4.69, 9.17) is 39.8 Å². The van der Waals surface area contributed by atoms with E-state index in [1.165, 1.54) is 12.2 Å². The molecule has 0 saturated heterocycles. The second-order valence-corrected chi connectivity index (χ2v) is 7.31. The molecule has 0 atom stereocenters. The number of halogens is 2. The lowest BCUT2D eigenvalue weighted by atomic mass is 10.2. The number of hydrogen-bond donors (Lipinski definition) is 3. The Hall–Kier alpha value is -3.40. The second kappa shape index (κ2) is 9.61. The number of phenols is 1. The number of thiocarbonyl (C=S) groups is 1. The van der Waals surface area contributed by atoms with Crippen LogP contribution in [0.2, 0.25) is 10.0 Å². The summed E-state index contributed by atoms with van der Waals surface area (Å²) in [6, 6.07) is 11.7. The van der Waals surface area contributed by atoms with Crippen LogP contribution in [0.3, 0.4) is 0 Å². The molecule has 3 N–H and O–H groups in total. The summed E-state index contributed by atoms with van der Waals surface area (Å²) in [6.45, 7) is 0. The number of non-ortho nitro benzene ring substituents is 1. The third-order valence-corrected chi connectivity index (χ3v) is 4.65. The molecule has 11 heteroatoms. The molecule has 0 aliphatic carbocycles. The first-order chi connectivity index (χ1) is 14.7. The van der Waals surface area contributed by atoms with Crippen molar-refractivity contribution in [3.63, 3.8) is 0 Å². The molecule has 0 spiro atoms. The molecule has 8 nitrogen and oxygen atoms in total. The number of nitro groups is 1. The van der Waals surface area contributed by atoms with Crippen molar-refractivity contribution in [1.29, 1.82) is 0 Å². The van der Waals surface area contributed by atoms with Gasteiger partial charge in [-0.05, 0) is 54.7 Å². The van der Waals surface area contributed by atoms with Gasteiger partial charge in [-0.25, -0.2) is 0 Å². The molecule has 2 aromatic carbocycles. The number of amides is 1. The van der Waals surface area contributed by atoms with Gasteiger partial charge in [-0.15, -0.1) is 0 Å². The van der Waals surface area contributed by atoms with E-state index < -0.39 is 10.8 Å². The van der Waals surface area contributed by atoms with Crippen molar-refractivity contribution >= 4 is 63.9 Å². The van der Waals surface area contributed by atoms with E-state index in [1.54, 1.807) is 30.3 Å². The van der Waals surface area contributed by atoms with Gasteiger partial charge in [0.05, 0.1) is 15.6 Å². The van der Waals surface area contributed by atoms with Crippen LogP contribution in [0.4, 0.5) is 11.4 Å². The molecule has 0 aliphatic rings. The van der Waals surface area contributed by atoms with Gasteiger partial charge in [0, 0.05) is 28.8 Å². The highest BCUT2D eigenvalue weighted by atomic mass is 35.5. The Bertz CT molecular complexity index is 1210. The van der Waals surface area contributed by atoms with E-state index in [0.29, 0.717) is 27.1 Å². The Kier molecular flexibility index (Phi) is 6.91. The molecule has 3 aromatic rings. The zero-order valence-corrected chi connectivity index (χ0v) is 17.8. The minimum atomic E-state index is -0.621. The normalized spacial score (nSPS) is 10.8. The highest BCUT2D eigenvalue weighted by Gasteiger charge is 2.12. The summed E-state index contributed by atoms with van der Waals surface area (Å²) in [5.41, 5.74) is 0.389. The SMILES string of the molecule is O=C(/C=C/c1ccc(-c2ccc(Cl)cc2Cl)o1)NC(=S)Nc1cc([N+](=O)[O-])ccc1O. The Morgan fingerprint density at radius 3 is 2.65 bits per heavy atom. The summed E-state index contributed by atoms with van der Waals surface area (Å²) in [4.78, 5) is 22.3. The number of nitrogens with one attached hydrogen (secondary N) is 2. The number of carbonyl (C=O) groups excluding carboxylic acids is 1. The lowest BCUT2D eigenvalue weighted by molar-refractivity contribution is -0.384. The number of hydrogen-bond acceptors (Lipinski definition) is 6. The summed E-state index contributed by atoms with van der Waals surface area (Å²) in [6.07, 6.45) is 2.61. The molecular weight excluding hydrogens is 465 g/mol. The van der Waals surface area contributed by atoms with E-state index >= 15 is 0 Å². The van der Waals surface area contributed by atoms with Crippen molar-refractivity contribution in [2.45, 2.75) is 0 Å². The van der Waals surface area contributed by atoms with Crippen LogP contribution in [0, 0.1) is 10.1 Å². The quantitative estimate of drug-likeness (QED) is 0.148. The van der Waals surface area contributed by atoms with Crippen LogP contribution in [0.5, 0.6) is 5.75 Å². The average Bonchev–Trinajstić information content (AvgIpc) is 3.16. The van der Waals surface area contributed by atoms with E-state index in [-0.39, 0.29) is 22.2 Å². The summed E-state index contributed by atoms with van der Waals surface area (Å²) < 4.78 is 5.65. The van der Waals surface area contributed by atoms with Gasteiger partial charge in [0.2, 0.25) is 5.91 Å². The molecule has 0 radical (unpaired) electrons. The van der Waals surface area contributed by atoms with Gasteiger partial charge in [0.15, 0.2) is 5.11 Å². The zero-order chi connectivity index (χ0) is 22.5. The summed E-state index contributed by atoms with van der Waals surface area (Å²) in [7, 11) is 0. The van der Waals surface area contributed by atoms with E-state index in [2.05, 4.69) is 10.6 Å². The van der Waals surface area contributed by atoms with Crippen LogP contribution in [0.15, 0.2) is 59.0 Å². The molecule has 1 aromatic heterocycles. The molecule has 0 aliphatic heterocycles. The van der Waals surface area contributed by atoms with Gasteiger partial charge in [0.25, 0.3) is 5.69 Å². The highest BCUT2D eigenvalue weighted by Crippen LogP contribution is 2.32. The van der Waals surface area contributed by atoms with Crippen molar-refractivity contribution < 1.29 is 19.2 Å². The summed E-state index contributed by atoms with van der Waals surface area (Å²) in [5.74, 6) is 0.0537. The molecule has 1 amide bonds. The van der Waals surface area contributed by atoms with Gasteiger partial charge < -0.3 is 14.8 Å². The maximum atomic E-state index is 12.1. The first-order valence-corrected chi connectivity index (χ1v) is 9.72. The number of furan rings is 1. The number of carbonyl (C=O) groups is 1. The lowest BCUT2D eigenvalue weighted by Crippen LogP contribution is -2.32. The Balaban J connectivity index is 1.62. The Labute approximate surface area is 191 Å². The predicted octanol–water partition coefficient (Wildman–Crippen LogP) is 5.39. The number of rotatable bonds is 5. The summed E-state index contributed by atoms with van der Waals surface area (Å²) >= 11 is 17.0. The molecule has 0 fully saturated rings. The number of aromatic hydroxyl groups is 1. The van der Waals surface area contributed by atoms with E-state index in [9.17, 15) is 20.0 Å². The van der Waals surface area contributed by atoms with Crippen LogP contribution >= 0.6 is 35.4 Å². The minimum Gasteiger partial charge on any atom is -0.506 e. The van der Waals surface area contributed by atoms with Gasteiger partial charge in [-0.2, -0.15) is 0 Å². The van der Waals surface area contributed by atoms with Crippen LogP contribution in [-0.2, 0) is 4.79 Å². The fourth-order valence-corrected chi connectivity index (χ4v) is 3.19. The smallest absolute Gasteiger partial charge is 0.271 e. The third kappa shape index (κ3) is 5.82. The molecule has 0 unspecified atom stereocenters. The van der Waals surface area contributed by atoms with Gasteiger partial charge in [0.1, 0.15) is 17.3 Å². The van der Waals surface area contributed by atoms with Crippen molar-refractivity contribution in [1.82, 2.24) is 5.32 Å². The largest absolute Gasteiger partial charge is 0.506 e. The fourth-order valence-electron chi connectivity index (χ4n) is 2.48. The van der Waals surface area contributed by atoms with Crippen LogP contribution in [-0.4, -0.2) is 21.0 Å². The number of benzene rings is 2. The first-order valence-electron chi connectivity index (χ1n) is 8.55. The van der Waals surface area contributed by atoms with Crippen molar-refractivity contribution in [3.8, 4) is 17.1 Å². The standard InChI is InChI=1S/C20H13Cl2N3O5S/c21-11-1-5-14(15(22)9-11)18-7-3-13(30-18)4-8-19(27)24-20(31)23-16-10-12(25(28)29)2-6-17(16)26/h1-10,26H,(H2,23,24,27,31)/b8-4+. The maximum Gasteiger partial charge on any atom is 0.271 e. The number of nitro benzene ring substituents is 1. The topological polar surface area (TPSA) is 118 Å². The molecule has 31 heavy (non-hydrogen) atoms. The Morgan fingerprint density at radius 1 is 1.16 bits per heavy atom. The second-order valence-electron chi connectivity index (χ2n) is 6.06. The van der Waals surface area contributed by atoms with Crippen LogP contribution in [0.1, 0.15) is 5.76 Å². The van der Waals surface area contributed by atoms with E-state index in [0.717, 1.165) is 18.2 Å². The number of phenolic OH excluding ortho intramolecular Hbond substituents is 1. The maximum absolute atomic E-state index is 12.1. The van der Waals surface area contributed by atoms with Gasteiger partial charge in [-0.3, -0.25) is 20.2 Å². The average molecular weight is 478 g/mol. The van der Waals surface area contributed by atoms with Crippen LogP contribution in [0.25, 0.3) is 17.4 Å². The van der Waals surface area contributed by atoms with Crippen molar-refractivity contribution in [2.75, 3.05) is 5.32 Å². The minimum absolute atomic E-state index is 0.0148. The lowest BCUT2D eigenvalue weighted by Gasteiger charge is -2.09. The number of nitrogens with zero attached hydrogens (tertiary/aromatic N) is 1. The Morgan fingerprint density at radius 2 is 1.94 bits per heavy atom. The van der Waals surface area contributed by atoms with E-state index in [1.807, 2.05) is 0 Å². The monoisotopic (exact) mass is 477 g/mol. The summed E-state index contributed by atoms with van der Waals surface area (Å²) in [5, 5.41) is 26.3. The van der Waals surface area contributed by atoms with Gasteiger partial charge in [-0.1, -0.05) is 23.2 Å². The fraction of sp³-hybridized carbons (Fsp3) is 0. The molecule has 0 bridgehead atoms. The highest BCUT2D eigenvalue weighted by molar-refractivity contribution is 7.80. The van der Waals surface area contributed by atoms with Crippen LogP contribution < -0.4 is 10.6 Å². The van der Waals surface area contributed by atoms with Crippen molar-refractivity contribution in [2.24, 2.45) is 0 Å². The molecular formula is C20H13Cl2N3O5S.